The highest BCUT2D eigenvalue weighted by molar-refractivity contribution is 5.97. The molecule has 1 aromatic rings. The molecule has 0 aliphatic carbocycles. The summed E-state index contributed by atoms with van der Waals surface area (Å²) in [6, 6.07) is 6.91. The van der Waals surface area contributed by atoms with E-state index in [1.165, 1.54) is 0 Å². The summed E-state index contributed by atoms with van der Waals surface area (Å²) >= 11 is 0. The van der Waals surface area contributed by atoms with Gasteiger partial charge in [0.15, 0.2) is 0 Å². The summed E-state index contributed by atoms with van der Waals surface area (Å²) in [5.74, 6) is -0.134. The minimum absolute atomic E-state index is 0. The van der Waals surface area contributed by atoms with Crippen LogP contribution < -0.4 is 16.0 Å². The third kappa shape index (κ3) is 5.08. The molecule has 1 aliphatic heterocycles. The Bertz CT molecular complexity index is 551. The smallest absolute Gasteiger partial charge is 0.251 e. The number of amides is 2. The van der Waals surface area contributed by atoms with Crippen LogP contribution in [0, 0.1) is 5.41 Å². The van der Waals surface area contributed by atoms with E-state index in [-0.39, 0.29) is 29.6 Å². The van der Waals surface area contributed by atoms with Gasteiger partial charge >= 0.3 is 0 Å². The van der Waals surface area contributed by atoms with Gasteiger partial charge in [-0.1, -0.05) is 6.08 Å². The van der Waals surface area contributed by atoms with Gasteiger partial charge in [0.05, 0.1) is 5.41 Å². The Balaban J connectivity index is 0.00000264. The molecule has 1 unspecified atom stereocenters. The number of hydrogen-bond acceptors (Lipinski definition) is 3. The van der Waals surface area contributed by atoms with E-state index in [1.807, 2.05) is 6.92 Å². The highest BCUT2D eigenvalue weighted by Gasteiger charge is 2.34. The minimum atomic E-state index is -0.377. The third-order valence-corrected chi connectivity index (χ3v) is 3.96. The lowest BCUT2D eigenvalue weighted by atomic mass is 9.82. The molecule has 1 saturated heterocycles. The van der Waals surface area contributed by atoms with Crippen molar-refractivity contribution < 1.29 is 9.59 Å². The summed E-state index contributed by atoms with van der Waals surface area (Å²) in [7, 11) is 0. The van der Waals surface area contributed by atoms with Crippen LogP contribution in [0.3, 0.4) is 0 Å². The first kappa shape index (κ1) is 19.2. The molecule has 23 heavy (non-hydrogen) atoms. The highest BCUT2D eigenvalue weighted by Crippen LogP contribution is 2.27. The lowest BCUT2D eigenvalue weighted by Gasteiger charge is -2.32. The van der Waals surface area contributed by atoms with Gasteiger partial charge in [0.2, 0.25) is 5.91 Å². The predicted molar refractivity (Wildman–Crippen MR) is 95.1 cm³/mol. The van der Waals surface area contributed by atoms with Gasteiger partial charge in [-0.2, -0.15) is 0 Å². The Morgan fingerprint density at radius 1 is 1.35 bits per heavy atom. The van der Waals surface area contributed by atoms with Crippen LogP contribution in [0.4, 0.5) is 5.69 Å². The number of carbonyl (C=O) groups is 2. The van der Waals surface area contributed by atoms with Gasteiger partial charge in [-0.05, 0) is 50.6 Å². The van der Waals surface area contributed by atoms with Crippen LogP contribution in [0.1, 0.15) is 30.1 Å². The summed E-state index contributed by atoms with van der Waals surface area (Å²) in [6.45, 7) is 7.63. The third-order valence-electron chi connectivity index (χ3n) is 3.96. The molecule has 0 radical (unpaired) electrons. The summed E-state index contributed by atoms with van der Waals surface area (Å²) in [4.78, 5) is 24.2. The molecule has 1 atom stereocenters. The largest absolute Gasteiger partial charge is 0.349 e. The fourth-order valence-corrected chi connectivity index (χ4v) is 2.50. The normalized spacial score (nSPS) is 20.0. The van der Waals surface area contributed by atoms with E-state index < -0.39 is 0 Å². The zero-order valence-electron chi connectivity index (χ0n) is 13.4. The van der Waals surface area contributed by atoms with Crippen LogP contribution >= 0.6 is 12.4 Å². The first-order valence-electron chi connectivity index (χ1n) is 7.56. The summed E-state index contributed by atoms with van der Waals surface area (Å²) < 4.78 is 0. The molecule has 0 aromatic heterocycles. The quantitative estimate of drug-likeness (QED) is 0.722. The molecule has 0 bridgehead atoms. The van der Waals surface area contributed by atoms with E-state index in [2.05, 4.69) is 22.5 Å². The maximum absolute atomic E-state index is 12.4. The van der Waals surface area contributed by atoms with Crippen molar-refractivity contribution in [3.05, 3.63) is 42.5 Å². The van der Waals surface area contributed by atoms with Crippen molar-refractivity contribution in [1.82, 2.24) is 10.6 Å². The number of carbonyl (C=O) groups excluding carboxylic acids is 2. The van der Waals surface area contributed by atoms with Crippen LogP contribution in [0.2, 0.25) is 0 Å². The van der Waals surface area contributed by atoms with E-state index in [1.54, 1.807) is 30.3 Å². The number of rotatable bonds is 5. The molecule has 1 aliphatic rings. The Morgan fingerprint density at radius 2 is 2.04 bits per heavy atom. The molecule has 1 aromatic carbocycles. The lowest BCUT2D eigenvalue weighted by Crippen LogP contribution is -2.46. The van der Waals surface area contributed by atoms with Crippen molar-refractivity contribution in [2.45, 2.75) is 19.8 Å². The number of benzene rings is 1. The van der Waals surface area contributed by atoms with E-state index in [0.717, 1.165) is 19.4 Å². The number of piperidine rings is 1. The average molecular weight is 338 g/mol. The van der Waals surface area contributed by atoms with Crippen LogP contribution in [-0.4, -0.2) is 31.4 Å². The Hall–Kier alpha value is -1.85. The molecule has 0 spiro atoms. The number of nitrogens with one attached hydrogen (secondary N) is 3. The second-order valence-corrected chi connectivity index (χ2v) is 5.87. The minimum Gasteiger partial charge on any atom is -0.349 e. The van der Waals surface area contributed by atoms with Gasteiger partial charge in [0.1, 0.15) is 0 Å². The zero-order valence-corrected chi connectivity index (χ0v) is 14.2. The molecule has 1 heterocycles. The first-order valence-corrected chi connectivity index (χ1v) is 7.56. The van der Waals surface area contributed by atoms with E-state index >= 15 is 0 Å². The average Bonchev–Trinajstić information content (AvgIpc) is 2.54. The Labute approximate surface area is 143 Å². The van der Waals surface area contributed by atoms with Gasteiger partial charge in [0, 0.05) is 24.3 Å². The predicted octanol–water partition coefficient (Wildman–Crippen LogP) is 2.35. The van der Waals surface area contributed by atoms with Crippen LogP contribution in [0.25, 0.3) is 0 Å². The fraction of sp³-hybridized carbons (Fsp3) is 0.412. The van der Waals surface area contributed by atoms with Crippen molar-refractivity contribution in [3.63, 3.8) is 0 Å². The Kier molecular flexibility index (Phi) is 7.26. The second kappa shape index (κ2) is 8.70. The Morgan fingerprint density at radius 3 is 2.61 bits per heavy atom. The molecular weight excluding hydrogens is 314 g/mol. The molecular formula is C17H24ClN3O2. The molecule has 3 N–H and O–H groups in total. The van der Waals surface area contributed by atoms with Crippen LogP contribution in [-0.2, 0) is 4.79 Å². The number of hydrogen-bond donors (Lipinski definition) is 3. The van der Waals surface area contributed by atoms with Crippen LogP contribution in [0.15, 0.2) is 36.9 Å². The SMILES string of the molecule is C=CCNC(=O)c1ccc(NC(=O)C2(C)CCCNC2)cc1.Cl. The molecule has 5 nitrogen and oxygen atoms in total. The molecule has 2 rings (SSSR count). The molecule has 2 amide bonds. The van der Waals surface area contributed by atoms with Crippen molar-refractivity contribution in [1.29, 1.82) is 0 Å². The maximum atomic E-state index is 12.4. The van der Waals surface area contributed by atoms with Gasteiger partial charge in [-0.25, -0.2) is 0 Å². The molecule has 1 fully saturated rings. The van der Waals surface area contributed by atoms with Crippen molar-refractivity contribution >= 4 is 29.9 Å². The van der Waals surface area contributed by atoms with Gasteiger partial charge in [-0.3, -0.25) is 9.59 Å². The number of anilines is 1. The highest BCUT2D eigenvalue weighted by atomic mass is 35.5. The monoisotopic (exact) mass is 337 g/mol. The summed E-state index contributed by atoms with van der Waals surface area (Å²) in [5, 5.41) is 8.91. The van der Waals surface area contributed by atoms with E-state index in [4.69, 9.17) is 0 Å². The standard InChI is InChI=1S/C17H23N3O2.ClH/c1-3-10-19-15(21)13-5-7-14(8-6-13)20-16(22)17(2)9-4-11-18-12-17;/h3,5-8,18H,1,4,9-12H2,2H3,(H,19,21)(H,20,22);1H. The fourth-order valence-electron chi connectivity index (χ4n) is 2.50. The van der Waals surface area contributed by atoms with E-state index in [9.17, 15) is 9.59 Å². The lowest BCUT2D eigenvalue weighted by molar-refractivity contribution is -0.125. The van der Waals surface area contributed by atoms with Crippen molar-refractivity contribution in [3.8, 4) is 0 Å². The zero-order chi connectivity index (χ0) is 16.0. The van der Waals surface area contributed by atoms with Gasteiger partial charge in [0.25, 0.3) is 5.91 Å². The number of halogens is 1. The van der Waals surface area contributed by atoms with E-state index in [0.29, 0.717) is 24.3 Å². The summed E-state index contributed by atoms with van der Waals surface area (Å²) in [6.07, 6.45) is 3.52. The van der Waals surface area contributed by atoms with Gasteiger partial charge in [-0.15, -0.1) is 19.0 Å². The van der Waals surface area contributed by atoms with Gasteiger partial charge < -0.3 is 16.0 Å². The van der Waals surface area contributed by atoms with Crippen LogP contribution in [0.5, 0.6) is 0 Å². The molecule has 0 saturated carbocycles. The second-order valence-electron chi connectivity index (χ2n) is 5.87. The molecule has 6 heteroatoms. The van der Waals surface area contributed by atoms with Crippen molar-refractivity contribution in [2.75, 3.05) is 25.0 Å². The summed E-state index contributed by atoms with van der Waals surface area (Å²) in [5.41, 5.74) is 0.889. The molecule has 126 valence electrons. The maximum Gasteiger partial charge on any atom is 0.251 e. The van der Waals surface area contributed by atoms with Crippen molar-refractivity contribution in [2.24, 2.45) is 5.41 Å². The first-order chi connectivity index (χ1) is 10.5. The topological polar surface area (TPSA) is 70.2 Å².